The van der Waals surface area contributed by atoms with E-state index in [1.165, 1.54) is 19.3 Å². The maximum absolute atomic E-state index is 5.29. The van der Waals surface area contributed by atoms with Gasteiger partial charge in [0.2, 0.25) is 0 Å². The van der Waals surface area contributed by atoms with Gasteiger partial charge >= 0.3 is 0 Å². The highest BCUT2D eigenvalue weighted by atomic mass is 32.1. The lowest BCUT2D eigenvalue weighted by Gasteiger charge is -2.35. The average molecular weight is 315 g/mol. The molecule has 0 aromatic carbocycles. The van der Waals surface area contributed by atoms with Crippen molar-refractivity contribution in [1.82, 2.24) is 21.5 Å². The fraction of sp³-hybridized carbons (Fsp3) is 0.714. The number of rotatable bonds is 3. The van der Waals surface area contributed by atoms with Crippen LogP contribution in [0.25, 0.3) is 0 Å². The third kappa shape index (κ3) is 6.05. The third-order valence-electron chi connectivity index (χ3n) is 3.86. The van der Waals surface area contributed by atoms with Crippen molar-refractivity contribution in [2.24, 2.45) is 11.8 Å². The maximum atomic E-state index is 5.29. The van der Waals surface area contributed by atoms with Crippen LogP contribution >= 0.6 is 24.4 Å². The summed E-state index contributed by atoms with van der Waals surface area (Å²) in [7, 11) is 0. The standard InChI is InChI=1S/C14H26N4S2/c1-9(2)8-15-13(19)17-18-14(20)16-12-7-5-6-10(3)11(12)4/h10-12H,1,5-8H2,2-4H3,(H2,15,17,19)(H2,16,18,20)/t10-,11-,12-/m1/s1. The van der Waals surface area contributed by atoms with Crippen LogP contribution in [0.3, 0.4) is 0 Å². The van der Waals surface area contributed by atoms with Gasteiger partial charge in [0, 0.05) is 12.6 Å². The van der Waals surface area contributed by atoms with Crippen LogP contribution in [0.4, 0.5) is 0 Å². The van der Waals surface area contributed by atoms with E-state index in [1.807, 2.05) is 6.92 Å². The fourth-order valence-electron chi connectivity index (χ4n) is 2.38. The Labute approximate surface area is 133 Å². The van der Waals surface area contributed by atoms with Crippen molar-refractivity contribution < 1.29 is 0 Å². The van der Waals surface area contributed by atoms with Crippen LogP contribution in [0.15, 0.2) is 12.2 Å². The average Bonchev–Trinajstić information content (AvgIpc) is 2.39. The van der Waals surface area contributed by atoms with Crippen molar-refractivity contribution in [3.63, 3.8) is 0 Å². The zero-order valence-electron chi connectivity index (χ0n) is 12.6. The van der Waals surface area contributed by atoms with Gasteiger partial charge in [-0.1, -0.05) is 38.8 Å². The van der Waals surface area contributed by atoms with E-state index in [0.717, 1.165) is 11.5 Å². The molecular formula is C14H26N4S2. The van der Waals surface area contributed by atoms with E-state index >= 15 is 0 Å². The van der Waals surface area contributed by atoms with Gasteiger partial charge in [-0.3, -0.25) is 10.9 Å². The van der Waals surface area contributed by atoms with Gasteiger partial charge < -0.3 is 10.6 Å². The van der Waals surface area contributed by atoms with Gasteiger partial charge in [0.1, 0.15) is 0 Å². The molecule has 0 saturated heterocycles. The van der Waals surface area contributed by atoms with Gasteiger partial charge in [-0.25, -0.2) is 0 Å². The Balaban J connectivity index is 2.26. The number of nitrogens with one attached hydrogen (secondary N) is 4. The molecule has 0 amide bonds. The molecule has 114 valence electrons. The molecule has 1 rings (SSSR count). The zero-order valence-corrected chi connectivity index (χ0v) is 14.2. The molecule has 1 aliphatic rings. The molecule has 6 heteroatoms. The predicted octanol–water partition coefficient (Wildman–Crippen LogP) is 2.23. The van der Waals surface area contributed by atoms with Crippen LogP contribution in [0.5, 0.6) is 0 Å². The Kier molecular flexibility index (Phi) is 7.23. The second-order valence-corrected chi connectivity index (χ2v) is 6.55. The summed E-state index contributed by atoms with van der Waals surface area (Å²) < 4.78 is 0. The van der Waals surface area contributed by atoms with Gasteiger partial charge in [0.05, 0.1) is 0 Å². The molecule has 4 nitrogen and oxygen atoms in total. The lowest BCUT2D eigenvalue weighted by atomic mass is 9.78. The minimum absolute atomic E-state index is 0.442. The third-order valence-corrected chi connectivity index (χ3v) is 4.33. The summed E-state index contributed by atoms with van der Waals surface area (Å²) in [6.07, 6.45) is 3.75. The van der Waals surface area contributed by atoms with Gasteiger partial charge in [0.25, 0.3) is 0 Å². The van der Waals surface area contributed by atoms with E-state index in [2.05, 4.69) is 41.9 Å². The maximum Gasteiger partial charge on any atom is 0.185 e. The van der Waals surface area contributed by atoms with Crippen molar-refractivity contribution in [2.75, 3.05) is 6.54 Å². The Morgan fingerprint density at radius 3 is 2.45 bits per heavy atom. The molecule has 1 aliphatic carbocycles. The van der Waals surface area contributed by atoms with E-state index in [9.17, 15) is 0 Å². The highest BCUT2D eigenvalue weighted by Gasteiger charge is 2.27. The highest BCUT2D eigenvalue weighted by Crippen LogP contribution is 2.29. The number of hydrogen-bond acceptors (Lipinski definition) is 2. The molecule has 20 heavy (non-hydrogen) atoms. The van der Waals surface area contributed by atoms with Gasteiger partial charge in [0.15, 0.2) is 10.2 Å². The smallest absolute Gasteiger partial charge is 0.185 e. The van der Waals surface area contributed by atoms with E-state index in [-0.39, 0.29) is 0 Å². The number of hydrazine groups is 1. The second kappa shape index (κ2) is 8.42. The quantitative estimate of drug-likeness (QED) is 0.364. The van der Waals surface area contributed by atoms with Crippen LogP contribution in [-0.2, 0) is 0 Å². The van der Waals surface area contributed by atoms with Crippen molar-refractivity contribution in [1.29, 1.82) is 0 Å². The van der Waals surface area contributed by atoms with Crippen molar-refractivity contribution in [3.05, 3.63) is 12.2 Å². The van der Waals surface area contributed by atoms with E-state index < -0.39 is 0 Å². The van der Waals surface area contributed by atoms with E-state index in [0.29, 0.717) is 28.7 Å². The van der Waals surface area contributed by atoms with Crippen LogP contribution in [-0.4, -0.2) is 22.8 Å². The molecule has 0 unspecified atom stereocenters. The summed E-state index contributed by atoms with van der Waals surface area (Å²) in [5, 5.41) is 7.51. The Morgan fingerprint density at radius 2 is 1.80 bits per heavy atom. The molecular weight excluding hydrogens is 288 g/mol. The summed E-state index contributed by atoms with van der Waals surface area (Å²) in [5.41, 5.74) is 6.83. The molecule has 0 radical (unpaired) electrons. The summed E-state index contributed by atoms with van der Waals surface area (Å²) in [6, 6.07) is 0.442. The molecule has 0 aromatic rings. The summed E-state index contributed by atoms with van der Waals surface area (Å²) in [4.78, 5) is 0. The van der Waals surface area contributed by atoms with Gasteiger partial charge in [-0.05, 0) is 49.6 Å². The molecule has 0 aromatic heterocycles. The first-order chi connectivity index (χ1) is 9.40. The molecule has 1 fully saturated rings. The zero-order chi connectivity index (χ0) is 15.1. The molecule has 3 atom stereocenters. The Hall–Kier alpha value is -0.880. The lowest BCUT2D eigenvalue weighted by molar-refractivity contribution is 0.224. The number of thiocarbonyl (C=S) groups is 2. The molecule has 0 aliphatic heterocycles. The molecule has 1 saturated carbocycles. The molecule has 4 N–H and O–H groups in total. The predicted molar refractivity (Wildman–Crippen MR) is 93.4 cm³/mol. The Morgan fingerprint density at radius 1 is 1.15 bits per heavy atom. The van der Waals surface area contributed by atoms with Crippen LogP contribution in [0, 0.1) is 11.8 Å². The SMILES string of the molecule is C=C(C)CNC(=S)NNC(=S)N[C@@H]1CCC[C@@H](C)[C@H]1C. The highest BCUT2D eigenvalue weighted by molar-refractivity contribution is 7.80. The normalized spacial score (nSPS) is 25.4. The van der Waals surface area contributed by atoms with Gasteiger partial charge in [-0.15, -0.1) is 0 Å². The van der Waals surface area contributed by atoms with Crippen LogP contribution in [0.1, 0.15) is 40.0 Å². The molecule has 0 heterocycles. The minimum Gasteiger partial charge on any atom is -0.358 e. The first-order valence-electron chi connectivity index (χ1n) is 7.15. The van der Waals surface area contributed by atoms with Crippen molar-refractivity contribution in [2.45, 2.75) is 46.1 Å². The molecule has 0 spiro atoms. The molecule has 0 bridgehead atoms. The van der Waals surface area contributed by atoms with E-state index in [4.69, 9.17) is 24.4 Å². The number of hydrogen-bond donors (Lipinski definition) is 4. The minimum atomic E-state index is 0.442. The summed E-state index contributed by atoms with van der Waals surface area (Å²) in [6.45, 7) is 11.0. The van der Waals surface area contributed by atoms with E-state index in [1.54, 1.807) is 0 Å². The fourth-order valence-corrected chi connectivity index (χ4v) is 2.70. The summed E-state index contributed by atoms with van der Waals surface area (Å²) in [5.74, 6) is 1.38. The first-order valence-corrected chi connectivity index (χ1v) is 7.96. The van der Waals surface area contributed by atoms with Crippen molar-refractivity contribution in [3.8, 4) is 0 Å². The van der Waals surface area contributed by atoms with Crippen LogP contribution < -0.4 is 21.5 Å². The summed E-state index contributed by atoms with van der Waals surface area (Å²) >= 11 is 10.4. The van der Waals surface area contributed by atoms with Gasteiger partial charge in [-0.2, -0.15) is 0 Å². The lowest BCUT2D eigenvalue weighted by Crippen LogP contribution is -2.54. The van der Waals surface area contributed by atoms with Crippen molar-refractivity contribution >= 4 is 34.7 Å². The van der Waals surface area contributed by atoms with Crippen LogP contribution in [0.2, 0.25) is 0 Å². The first kappa shape index (κ1) is 17.2. The Bertz CT molecular complexity index is 370. The second-order valence-electron chi connectivity index (χ2n) is 5.74. The largest absolute Gasteiger partial charge is 0.358 e. The monoisotopic (exact) mass is 314 g/mol. The topological polar surface area (TPSA) is 48.1 Å².